The van der Waals surface area contributed by atoms with E-state index >= 15 is 0 Å². The van der Waals surface area contributed by atoms with Crippen molar-refractivity contribution in [3.8, 4) is 11.5 Å². The van der Waals surface area contributed by atoms with Crippen LogP contribution in [0.1, 0.15) is 37.0 Å². The van der Waals surface area contributed by atoms with Gasteiger partial charge in [0.1, 0.15) is 10.6 Å². The molecule has 0 heterocycles. The van der Waals surface area contributed by atoms with Gasteiger partial charge in [-0.25, -0.2) is 13.2 Å². The maximum atomic E-state index is 12.4. The molecule has 0 aliphatic rings. The fraction of sp³-hybridized carbons (Fsp3) is 0.350. The van der Waals surface area contributed by atoms with E-state index in [9.17, 15) is 18.3 Å². The normalized spacial score (nSPS) is 11.2. The number of benzene rings is 2. The minimum Gasteiger partial charge on any atom is -0.478 e. The van der Waals surface area contributed by atoms with E-state index < -0.39 is 15.8 Å². The second-order valence-electron chi connectivity index (χ2n) is 6.30. The SMILES string of the molecule is CCCN(CCC)c1cc(C(=O)O)cc(S(C)(=O)=O)c1Oc1ccccc1. The monoisotopic (exact) mass is 391 g/mol. The molecule has 6 nitrogen and oxygen atoms in total. The standard InChI is InChI=1S/C20H25NO5S/c1-4-11-21(12-5-2)17-13-15(20(22)23)14-18(27(3,24)25)19(17)26-16-9-7-6-8-10-16/h6-10,13-14H,4-5,11-12H2,1-3H3,(H,22,23). The number of sulfone groups is 1. The predicted molar refractivity (Wildman–Crippen MR) is 106 cm³/mol. The first-order valence-corrected chi connectivity index (χ1v) is 10.8. The van der Waals surface area contributed by atoms with E-state index in [0.717, 1.165) is 25.2 Å². The van der Waals surface area contributed by atoms with Crippen LogP contribution in [0.3, 0.4) is 0 Å². The zero-order chi connectivity index (χ0) is 20.0. The number of nitrogens with zero attached hydrogens (tertiary/aromatic N) is 1. The van der Waals surface area contributed by atoms with E-state index in [1.54, 1.807) is 24.3 Å². The van der Waals surface area contributed by atoms with E-state index in [2.05, 4.69) is 0 Å². The first-order chi connectivity index (χ1) is 12.8. The van der Waals surface area contributed by atoms with Crippen molar-refractivity contribution in [3.63, 3.8) is 0 Å². The summed E-state index contributed by atoms with van der Waals surface area (Å²) < 4.78 is 30.8. The van der Waals surface area contributed by atoms with Gasteiger partial charge >= 0.3 is 5.97 Å². The summed E-state index contributed by atoms with van der Waals surface area (Å²) in [5.74, 6) is -0.532. The van der Waals surface area contributed by atoms with Gasteiger partial charge < -0.3 is 14.7 Å². The molecule has 0 atom stereocenters. The molecule has 0 saturated heterocycles. The van der Waals surface area contributed by atoms with Crippen molar-refractivity contribution in [2.24, 2.45) is 0 Å². The molecule has 0 saturated carbocycles. The summed E-state index contributed by atoms with van der Waals surface area (Å²) in [4.78, 5) is 13.4. The number of carboxylic acids is 1. The number of hydrogen-bond acceptors (Lipinski definition) is 5. The average Bonchev–Trinajstić information content (AvgIpc) is 2.61. The molecule has 2 rings (SSSR count). The highest BCUT2D eigenvalue weighted by molar-refractivity contribution is 7.90. The Morgan fingerprint density at radius 2 is 1.67 bits per heavy atom. The van der Waals surface area contributed by atoms with Crippen molar-refractivity contribution < 1.29 is 23.1 Å². The van der Waals surface area contributed by atoms with Crippen LogP contribution in [0.25, 0.3) is 0 Å². The van der Waals surface area contributed by atoms with Crippen LogP contribution in [0.15, 0.2) is 47.4 Å². The molecule has 7 heteroatoms. The summed E-state index contributed by atoms with van der Waals surface area (Å²) in [6.45, 7) is 5.34. The summed E-state index contributed by atoms with van der Waals surface area (Å²) in [5, 5.41) is 9.47. The van der Waals surface area contributed by atoms with Crippen LogP contribution >= 0.6 is 0 Å². The van der Waals surface area contributed by atoms with Gasteiger partial charge in [0.15, 0.2) is 15.6 Å². The van der Waals surface area contributed by atoms with Crippen molar-refractivity contribution in [1.82, 2.24) is 0 Å². The molecule has 2 aromatic carbocycles. The fourth-order valence-electron chi connectivity index (χ4n) is 2.82. The zero-order valence-corrected chi connectivity index (χ0v) is 16.6. The number of hydrogen-bond donors (Lipinski definition) is 1. The Morgan fingerprint density at radius 1 is 1.07 bits per heavy atom. The third-order valence-electron chi connectivity index (χ3n) is 3.97. The lowest BCUT2D eigenvalue weighted by molar-refractivity contribution is 0.0696. The maximum Gasteiger partial charge on any atom is 0.335 e. The van der Waals surface area contributed by atoms with Crippen LogP contribution in [0.5, 0.6) is 11.5 Å². The molecular formula is C20H25NO5S. The Kier molecular flexibility index (Phi) is 6.85. The lowest BCUT2D eigenvalue weighted by atomic mass is 10.1. The first-order valence-electron chi connectivity index (χ1n) is 8.87. The molecule has 0 aliphatic heterocycles. The van der Waals surface area contributed by atoms with Crippen molar-refractivity contribution in [3.05, 3.63) is 48.0 Å². The van der Waals surface area contributed by atoms with Crippen LogP contribution in [-0.4, -0.2) is 38.8 Å². The number of anilines is 1. The number of para-hydroxylation sites is 1. The zero-order valence-electron chi connectivity index (χ0n) is 15.8. The van der Waals surface area contributed by atoms with Crippen molar-refractivity contribution in [2.75, 3.05) is 24.2 Å². The Labute approximate surface area is 160 Å². The molecule has 0 radical (unpaired) electrons. The van der Waals surface area contributed by atoms with Crippen molar-refractivity contribution >= 4 is 21.5 Å². The van der Waals surface area contributed by atoms with Gasteiger partial charge in [0.2, 0.25) is 0 Å². The smallest absolute Gasteiger partial charge is 0.335 e. The third-order valence-corrected chi connectivity index (χ3v) is 5.07. The molecule has 0 spiro atoms. The molecule has 0 aliphatic carbocycles. The van der Waals surface area contributed by atoms with Gasteiger partial charge in [-0.3, -0.25) is 0 Å². The van der Waals surface area contributed by atoms with Crippen LogP contribution in [0.2, 0.25) is 0 Å². The van der Waals surface area contributed by atoms with Crippen LogP contribution in [0, 0.1) is 0 Å². The van der Waals surface area contributed by atoms with Crippen LogP contribution < -0.4 is 9.64 Å². The Balaban J connectivity index is 2.75. The summed E-state index contributed by atoms with van der Waals surface area (Å²) in [7, 11) is -3.71. The van der Waals surface area contributed by atoms with Crippen LogP contribution in [0.4, 0.5) is 5.69 Å². The Morgan fingerprint density at radius 3 is 2.15 bits per heavy atom. The highest BCUT2D eigenvalue weighted by Gasteiger charge is 2.25. The lowest BCUT2D eigenvalue weighted by Crippen LogP contribution is -2.26. The van der Waals surface area contributed by atoms with Crippen LogP contribution in [-0.2, 0) is 9.84 Å². The van der Waals surface area contributed by atoms with E-state index in [1.807, 2.05) is 24.8 Å². The van der Waals surface area contributed by atoms with E-state index in [1.165, 1.54) is 6.07 Å². The predicted octanol–water partition coefficient (Wildman–Crippen LogP) is 4.21. The molecule has 146 valence electrons. The minimum atomic E-state index is -3.71. The summed E-state index contributed by atoms with van der Waals surface area (Å²) in [5.41, 5.74) is 0.394. The Bertz CT molecular complexity index is 888. The number of carboxylic acid groups (broad SMARTS) is 1. The summed E-state index contributed by atoms with van der Waals surface area (Å²) in [6, 6.07) is 11.5. The highest BCUT2D eigenvalue weighted by atomic mass is 32.2. The van der Waals surface area contributed by atoms with Gasteiger partial charge in [-0.05, 0) is 37.1 Å². The second kappa shape index (κ2) is 8.90. The number of rotatable bonds is 9. The van der Waals surface area contributed by atoms with E-state index in [4.69, 9.17) is 4.74 Å². The topological polar surface area (TPSA) is 83.9 Å². The number of carbonyl (C=O) groups is 1. The molecule has 0 fully saturated rings. The maximum absolute atomic E-state index is 12.4. The van der Waals surface area contributed by atoms with Gasteiger partial charge in [0.05, 0.1) is 11.3 Å². The molecular weight excluding hydrogens is 366 g/mol. The quantitative estimate of drug-likeness (QED) is 0.689. The van der Waals surface area contributed by atoms with E-state index in [0.29, 0.717) is 24.5 Å². The molecule has 0 bridgehead atoms. The largest absolute Gasteiger partial charge is 0.478 e. The summed E-state index contributed by atoms with van der Waals surface area (Å²) in [6.07, 6.45) is 2.71. The highest BCUT2D eigenvalue weighted by Crippen LogP contribution is 2.40. The third kappa shape index (κ3) is 5.23. The van der Waals surface area contributed by atoms with Gasteiger partial charge in [-0.15, -0.1) is 0 Å². The molecule has 2 aromatic rings. The van der Waals surface area contributed by atoms with Gasteiger partial charge in [-0.2, -0.15) is 0 Å². The molecule has 0 aromatic heterocycles. The minimum absolute atomic E-state index is 0.0805. The van der Waals surface area contributed by atoms with E-state index in [-0.39, 0.29) is 16.2 Å². The lowest BCUT2D eigenvalue weighted by Gasteiger charge is -2.27. The number of ether oxygens (including phenoxy) is 1. The number of aromatic carboxylic acids is 1. The Hall–Kier alpha value is -2.54. The molecule has 0 unspecified atom stereocenters. The van der Waals surface area contributed by atoms with Gasteiger partial charge in [0, 0.05) is 19.3 Å². The van der Waals surface area contributed by atoms with Crippen molar-refractivity contribution in [2.45, 2.75) is 31.6 Å². The van der Waals surface area contributed by atoms with Crippen molar-refractivity contribution in [1.29, 1.82) is 0 Å². The molecule has 0 amide bonds. The van der Waals surface area contributed by atoms with Gasteiger partial charge in [0.25, 0.3) is 0 Å². The molecule has 1 N–H and O–H groups in total. The fourth-order valence-corrected chi connectivity index (χ4v) is 3.65. The second-order valence-corrected chi connectivity index (χ2v) is 8.29. The van der Waals surface area contributed by atoms with Gasteiger partial charge in [-0.1, -0.05) is 32.0 Å². The first kappa shape index (κ1) is 20.8. The summed E-state index contributed by atoms with van der Waals surface area (Å²) >= 11 is 0. The molecule has 27 heavy (non-hydrogen) atoms. The average molecular weight is 391 g/mol.